The van der Waals surface area contributed by atoms with Gasteiger partial charge in [0, 0.05) is 48.8 Å². The van der Waals surface area contributed by atoms with Crippen molar-refractivity contribution in [2.75, 3.05) is 23.7 Å². The largest absolute Gasteiger partial charge is 0.351 e. The topological polar surface area (TPSA) is 71.0 Å². The monoisotopic (exact) mass is 329 g/mol. The zero-order chi connectivity index (χ0) is 15.9. The van der Waals surface area contributed by atoms with Crippen molar-refractivity contribution >= 4 is 23.6 Å². The minimum absolute atomic E-state index is 0.0626. The number of nitrogens with zero attached hydrogens (tertiary/aromatic N) is 4. The number of rotatable bonds is 5. The Hall–Kier alpha value is -2.15. The van der Waals surface area contributed by atoms with E-state index in [1.165, 1.54) is 11.8 Å². The molecular formula is C16H19N5OS. The predicted molar refractivity (Wildman–Crippen MR) is 90.4 cm³/mol. The number of hydrogen-bond acceptors (Lipinski definition) is 6. The van der Waals surface area contributed by atoms with Crippen LogP contribution in [-0.4, -0.2) is 45.7 Å². The lowest BCUT2D eigenvalue weighted by Gasteiger charge is -2.33. The van der Waals surface area contributed by atoms with Crippen LogP contribution in [0.4, 0.5) is 5.95 Å². The van der Waals surface area contributed by atoms with E-state index in [9.17, 15) is 4.79 Å². The smallest absolute Gasteiger partial charge is 0.230 e. The minimum atomic E-state index is 0.0626. The fraction of sp³-hybridized carbons (Fsp3) is 0.375. The molecule has 7 heteroatoms. The average molecular weight is 329 g/mol. The Bertz CT molecular complexity index is 625. The van der Waals surface area contributed by atoms with Crippen molar-refractivity contribution in [3.8, 4) is 0 Å². The first kappa shape index (κ1) is 15.7. The Morgan fingerprint density at radius 3 is 2.83 bits per heavy atom. The number of carbonyl (C=O) groups excluding carboxylic acids is 1. The van der Waals surface area contributed by atoms with E-state index in [2.05, 4.69) is 25.2 Å². The average Bonchev–Trinajstić information content (AvgIpc) is 2.62. The summed E-state index contributed by atoms with van der Waals surface area (Å²) in [5.41, 5.74) is 0. The molecule has 1 amide bonds. The SMILES string of the molecule is O=C(CSc1ccncc1)NC1CCCN(c2ncccn2)C1. The minimum Gasteiger partial charge on any atom is -0.351 e. The molecule has 1 saturated heterocycles. The molecule has 0 aromatic carbocycles. The molecule has 23 heavy (non-hydrogen) atoms. The highest BCUT2D eigenvalue weighted by Gasteiger charge is 2.22. The van der Waals surface area contributed by atoms with Crippen LogP contribution in [0.5, 0.6) is 0 Å². The number of hydrogen-bond donors (Lipinski definition) is 1. The Morgan fingerprint density at radius 1 is 1.26 bits per heavy atom. The molecule has 1 unspecified atom stereocenters. The highest BCUT2D eigenvalue weighted by molar-refractivity contribution is 8.00. The summed E-state index contributed by atoms with van der Waals surface area (Å²) >= 11 is 1.52. The van der Waals surface area contributed by atoms with Crippen LogP contribution in [0.15, 0.2) is 47.9 Å². The molecule has 1 atom stereocenters. The molecule has 1 aliphatic heterocycles. The van der Waals surface area contributed by atoms with Gasteiger partial charge in [-0.05, 0) is 31.0 Å². The van der Waals surface area contributed by atoms with Gasteiger partial charge in [0.15, 0.2) is 0 Å². The normalized spacial score (nSPS) is 17.7. The van der Waals surface area contributed by atoms with Gasteiger partial charge in [-0.25, -0.2) is 9.97 Å². The molecule has 0 saturated carbocycles. The van der Waals surface area contributed by atoms with Gasteiger partial charge < -0.3 is 10.2 Å². The van der Waals surface area contributed by atoms with Crippen molar-refractivity contribution < 1.29 is 4.79 Å². The van der Waals surface area contributed by atoms with Crippen molar-refractivity contribution in [1.29, 1.82) is 0 Å². The summed E-state index contributed by atoms with van der Waals surface area (Å²) in [6, 6.07) is 5.78. The Balaban J connectivity index is 1.48. The summed E-state index contributed by atoms with van der Waals surface area (Å²) in [7, 11) is 0. The molecular weight excluding hydrogens is 310 g/mol. The molecule has 3 rings (SSSR count). The maximum atomic E-state index is 12.1. The van der Waals surface area contributed by atoms with Crippen LogP contribution in [0.25, 0.3) is 0 Å². The van der Waals surface area contributed by atoms with Gasteiger partial charge in [0.1, 0.15) is 0 Å². The molecule has 1 aliphatic rings. The first-order chi connectivity index (χ1) is 11.3. The Morgan fingerprint density at radius 2 is 2.04 bits per heavy atom. The third kappa shape index (κ3) is 4.66. The molecule has 3 heterocycles. The zero-order valence-electron chi connectivity index (χ0n) is 12.8. The van der Waals surface area contributed by atoms with Crippen LogP contribution >= 0.6 is 11.8 Å². The van der Waals surface area contributed by atoms with Crippen LogP contribution in [0.1, 0.15) is 12.8 Å². The van der Waals surface area contributed by atoms with Gasteiger partial charge in [-0.2, -0.15) is 0 Å². The van der Waals surface area contributed by atoms with E-state index >= 15 is 0 Å². The fourth-order valence-electron chi connectivity index (χ4n) is 2.58. The second-order valence-corrected chi connectivity index (χ2v) is 6.42. The maximum absolute atomic E-state index is 12.1. The number of piperidine rings is 1. The number of amides is 1. The van der Waals surface area contributed by atoms with Gasteiger partial charge in [-0.15, -0.1) is 11.8 Å². The van der Waals surface area contributed by atoms with Crippen LogP contribution in [0, 0.1) is 0 Å². The molecule has 1 N–H and O–H groups in total. The summed E-state index contributed by atoms with van der Waals surface area (Å²) in [5, 5.41) is 3.12. The second-order valence-electron chi connectivity index (χ2n) is 5.37. The molecule has 0 spiro atoms. The Labute approximate surface area is 139 Å². The summed E-state index contributed by atoms with van der Waals surface area (Å²) in [4.78, 5) is 27.9. The van der Waals surface area contributed by atoms with Crippen LogP contribution < -0.4 is 10.2 Å². The van der Waals surface area contributed by atoms with E-state index in [4.69, 9.17) is 0 Å². The predicted octanol–water partition coefficient (Wildman–Crippen LogP) is 1.75. The molecule has 1 fully saturated rings. The van der Waals surface area contributed by atoms with Crippen molar-refractivity contribution in [2.45, 2.75) is 23.8 Å². The number of nitrogens with one attached hydrogen (secondary N) is 1. The quantitative estimate of drug-likeness (QED) is 0.843. The van der Waals surface area contributed by atoms with Gasteiger partial charge in [-0.1, -0.05) is 0 Å². The number of aromatic nitrogens is 3. The number of pyridine rings is 1. The number of carbonyl (C=O) groups is 1. The molecule has 120 valence electrons. The lowest BCUT2D eigenvalue weighted by atomic mass is 10.1. The van der Waals surface area contributed by atoms with Gasteiger partial charge in [0.2, 0.25) is 11.9 Å². The van der Waals surface area contributed by atoms with E-state index in [-0.39, 0.29) is 11.9 Å². The number of thioether (sulfide) groups is 1. The molecule has 0 radical (unpaired) electrons. The summed E-state index contributed by atoms with van der Waals surface area (Å²) in [5.74, 6) is 1.22. The molecule has 0 bridgehead atoms. The van der Waals surface area contributed by atoms with E-state index in [1.54, 1.807) is 24.8 Å². The van der Waals surface area contributed by atoms with E-state index in [0.717, 1.165) is 36.8 Å². The summed E-state index contributed by atoms with van der Waals surface area (Å²) < 4.78 is 0. The van der Waals surface area contributed by atoms with E-state index in [1.807, 2.05) is 18.2 Å². The first-order valence-electron chi connectivity index (χ1n) is 7.65. The molecule has 2 aromatic heterocycles. The highest BCUT2D eigenvalue weighted by Crippen LogP contribution is 2.17. The van der Waals surface area contributed by atoms with Crippen molar-refractivity contribution in [3.63, 3.8) is 0 Å². The van der Waals surface area contributed by atoms with Crippen molar-refractivity contribution in [1.82, 2.24) is 20.3 Å². The summed E-state index contributed by atoms with van der Waals surface area (Å²) in [6.45, 7) is 1.69. The van der Waals surface area contributed by atoms with Crippen LogP contribution in [0.3, 0.4) is 0 Å². The van der Waals surface area contributed by atoms with E-state index < -0.39 is 0 Å². The third-order valence-electron chi connectivity index (χ3n) is 3.64. The van der Waals surface area contributed by atoms with Crippen molar-refractivity contribution in [3.05, 3.63) is 43.0 Å². The van der Waals surface area contributed by atoms with Crippen LogP contribution in [0.2, 0.25) is 0 Å². The molecule has 0 aliphatic carbocycles. The van der Waals surface area contributed by atoms with Gasteiger partial charge in [0.25, 0.3) is 0 Å². The first-order valence-corrected chi connectivity index (χ1v) is 8.64. The van der Waals surface area contributed by atoms with Crippen LogP contribution in [-0.2, 0) is 4.79 Å². The Kier molecular flexibility index (Phi) is 5.42. The summed E-state index contributed by atoms with van der Waals surface area (Å²) in [6.07, 6.45) is 8.99. The standard InChI is InChI=1S/C16H19N5OS/c22-15(12-23-14-4-8-17-9-5-14)20-13-3-1-10-21(11-13)16-18-6-2-7-19-16/h2,4-9,13H,1,3,10-12H2,(H,20,22). The lowest BCUT2D eigenvalue weighted by Crippen LogP contribution is -2.48. The maximum Gasteiger partial charge on any atom is 0.230 e. The van der Waals surface area contributed by atoms with Crippen molar-refractivity contribution in [2.24, 2.45) is 0 Å². The zero-order valence-corrected chi connectivity index (χ0v) is 13.6. The fourth-order valence-corrected chi connectivity index (χ4v) is 3.28. The lowest BCUT2D eigenvalue weighted by molar-refractivity contribution is -0.119. The number of anilines is 1. The molecule has 6 nitrogen and oxygen atoms in total. The van der Waals surface area contributed by atoms with Gasteiger partial charge in [0.05, 0.1) is 5.75 Å². The van der Waals surface area contributed by atoms with Gasteiger partial charge in [-0.3, -0.25) is 9.78 Å². The molecule has 2 aromatic rings. The second kappa shape index (κ2) is 7.92. The van der Waals surface area contributed by atoms with E-state index in [0.29, 0.717) is 5.75 Å². The highest BCUT2D eigenvalue weighted by atomic mass is 32.2. The van der Waals surface area contributed by atoms with Gasteiger partial charge >= 0.3 is 0 Å². The third-order valence-corrected chi connectivity index (χ3v) is 4.65.